The molecule has 0 spiro atoms. The zero-order chi connectivity index (χ0) is 24.8. The van der Waals surface area contributed by atoms with Gasteiger partial charge in [0.25, 0.3) is 0 Å². The Morgan fingerprint density at radius 3 is 2.66 bits per heavy atom. The third-order valence-electron chi connectivity index (χ3n) is 5.96. The molecular formula is C27H27N3O3S2. The molecule has 0 bridgehead atoms. The number of rotatable bonds is 7. The minimum absolute atomic E-state index is 0.174. The highest BCUT2D eigenvalue weighted by molar-refractivity contribution is 7.99. The molecule has 1 aliphatic rings. The van der Waals surface area contributed by atoms with E-state index in [1.54, 1.807) is 6.07 Å². The van der Waals surface area contributed by atoms with E-state index in [1.807, 2.05) is 37.3 Å². The summed E-state index contributed by atoms with van der Waals surface area (Å²) in [4.78, 5) is 31.1. The molecule has 4 rings (SSSR count). The van der Waals surface area contributed by atoms with Crippen LogP contribution in [-0.4, -0.2) is 29.7 Å². The molecule has 0 aliphatic heterocycles. The second-order valence-corrected chi connectivity index (χ2v) is 10.6. The molecule has 3 aromatic rings. The second kappa shape index (κ2) is 11.5. The number of aromatic nitrogens is 1. The van der Waals surface area contributed by atoms with Crippen molar-refractivity contribution in [1.82, 2.24) is 4.98 Å². The number of methoxy groups -OCH3 is 1. The van der Waals surface area contributed by atoms with Crippen molar-refractivity contribution in [2.75, 3.05) is 18.2 Å². The second-order valence-electron chi connectivity index (χ2n) is 8.43. The molecule has 1 N–H and O–H groups in total. The van der Waals surface area contributed by atoms with Gasteiger partial charge in [-0.05, 0) is 50.3 Å². The van der Waals surface area contributed by atoms with Crippen molar-refractivity contribution in [3.63, 3.8) is 0 Å². The Bertz CT molecular complexity index is 1280. The number of nitriles is 1. The zero-order valence-corrected chi connectivity index (χ0v) is 21.5. The van der Waals surface area contributed by atoms with E-state index in [-0.39, 0.29) is 12.3 Å². The van der Waals surface area contributed by atoms with Gasteiger partial charge in [0.2, 0.25) is 5.91 Å². The van der Waals surface area contributed by atoms with Crippen LogP contribution >= 0.6 is 23.1 Å². The largest absolute Gasteiger partial charge is 0.465 e. The smallest absolute Gasteiger partial charge is 0.341 e. The summed E-state index contributed by atoms with van der Waals surface area (Å²) >= 11 is 2.87. The maximum absolute atomic E-state index is 12.8. The number of anilines is 1. The van der Waals surface area contributed by atoms with E-state index in [9.17, 15) is 14.9 Å². The maximum atomic E-state index is 12.8. The van der Waals surface area contributed by atoms with Gasteiger partial charge in [0, 0.05) is 22.6 Å². The van der Waals surface area contributed by atoms with Crippen LogP contribution in [0.15, 0.2) is 41.4 Å². The zero-order valence-electron chi connectivity index (χ0n) is 19.8. The number of hydrogen-bond donors (Lipinski definition) is 1. The third-order valence-corrected chi connectivity index (χ3v) is 8.16. The Kier molecular flexibility index (Phi) is 8.21. The van der Waals surface area contributed by atoms with Crippen molar-refractivity contribution in [2.45, 2.75) is 50.5 Å². The molecule has 8 heteroatoms. The van der Waals surface area contributed by atoms with E-state index in [1.165, 1.54) is 40.6 Å². The molecule has 0 atom stereocenters. The molecule has 2 heterocycles. The standard InChI is InChI=1S/C27H27N3O3S2/c1-17-8-10-18(11-9-17)21-13-12-19(16-28)25(29-21)34-15-14-23(31)30-26-24(27(32)33-2)20-6-4-3-5-7-22(20)35-26/h8-13H,3-7,14-15H2,1-2H3,(H,30,31). The van der Waals surface area contributed by atoms with Crippen LogP contribution in [0.25, 0.3) is 11.3 Å². The molecule has 2 aromatic heterocycles. The van der Waals surface area contributed by atoms with Gasteiger partial charge in [-0.25, -0.2) is 9.78 Å². The summed E-state index contributed by atoms with van der Waals surface area (Å²) in [5.41, 5.74) is 4.96. The van der Waals surface area contributed by atoms with E-state index >= 15 is 0 Å². The van der Waals surface area contributed by atoms with E-state index in [4.69, 9.17) is 4.74 Å². The van der Waals surface area contributed by atoms with Crippen LogP contribution in [0.2, 0.25) is 0 Å². The van der Waals surface area contributed by atoms with Gasteiger partial charge in [0.15, 0.2) is 0 Å². The van der Waals surface area contributed by atoms with Crippen LogP contribution in [0.3, 0.4) is 0 Å². The lowest BCUT2D eigenvalue weighted by molar-refractivity contribution is -0.115. The molecule has 1 aliphatic carbocycles. The Balaban J connectivity index is 1.44. The number of thioether (sulfide) groups is 1. The van der Waals surface area contributed by atoms with Crippen molar-refractivity contribution in [3.8, 4) is 17.3 Å². The lowest BCUT2D eigenvalue weighted by atomic mass is 10.1. The van der Waals surface area contributed by atoms with Crippen LogP contribution in [0.1, 0.15) is 57.6 Å². The van der Waals surface area contributed by atoms with Crippen LogP contribution in [0.4, 0.5) is 5.00 Å². The van der Waals surface area contributed by atoms with Gasteiger partial charge in [0.05, 0.1) is 23.9 Å². The summed E-state index contributed by atoms with van der Waals surface area (Å²) in [5.74, 6) is -0.110. The minimum Gasteiger partial charge on any atom is -0.465 e. The predicted molar refractivity (Wildman–Crippen MR) is 140 cm³/mol. The highest BCUT2D eigenvalue weighted by Crippen LogP contribution is 2.38. The number of carbonyl (C=O) groups excluding carboxylic acids is 2. The fourth-order valence-corrected chi connectivity index (χ4v) is 6.31. The topological polar surface area (TPSA) is 92.1 Å². The highest BCUT2D eigenvalue weighted by Gasteiger charge is 2.26. The van der Waals surface area contributed by atoms with Crippen LogP contribution in [-0.2, 0) is 22.4 Å². The van der Waals surface area contributed by atoms with Crippen LogP contribution in [0.5, 0.6) is 0 Å². The monoisotopic (exact) mass is 505 g/mol. The Morgan fingerprint density at radius 1 is 1.14 bits per heavy atom. The van der Waals surface area contributed by atoms with Crippen molar-refractivity contribution < 1.29 is 14.3 Å². The summed E-state index contributed by atoms with van der Waals surface area (Å²) in [5, 5.41) is 13.6. The van der Waals surface area contributed by atoms with Crippen molar-refractivity contribution in [3.05, 3.63) is 63.5 Å². The van der Waals surface area contributed by atoms with E-state index in [2.05, 4.69) is 16.4 Å². The number of ether oxygens (including phenoxy) is 1. The molecule has 0 saturated carbocycles. The molecule has 0 radical (unpaired) electrons. The molecule has 6 nitrogen and oxygen atoms in total. The van der Waals surface area contributed by atoms with Gasteiger partial charge in [-0.1, -0.05) is 36.2 Å². The number of fused-ring (bicyclic) bond motifs is 1. The lowest BCUT2D eigenvalue weighted by Gasteiger charge is -2.09. The molecule has 1 aromatic carbocycles. The van der Waals surface area contributed by atoms with Gasteiger partial charge < -0.3 is 10.1 Å². The number of nitrogens with one attached hydrogen (secondary N) is 1. The maximum Gasteiger partial charge on any atom is 0.341 e. The molecule has 0 fully saturated rings. The van der Waals surface area contributed by atoms with Crippen LogP contribution in [0, 0.1) is 18.3 Å². The number of hydrogen-bond acceptors (Lipinski definition) is 7. The fraction of sp³-hybridized carbons (Fsp3) is 0.333. The number of carbonyl (C=O) groups is 2. The Hall–Kier alpha value is -3.15. The van der Waals surface area contributed by atoms with Crippen molar-refractivity contribution in [2.24, 2.45) is 0 Å². The van der Waals surface area contributed by atoms with E-state index in [0.29, 0.717) is 26.9 Å². The average Bonchev–Trinajstić information content (AvgIpc) is 3.03. The van der Waals surface area contributed by atoms with Gasteiger partial charge in [-0.2, -0.15) is 5.26 Å². The lowest BCUT2D eigenvalue weighted by Crippen LogP contribution is -2.15. The SMILES string of the molecule is COC(=O)c1c(NC(=O)CCSc2nc(-c3ccc(C)cc3)ccc2C#N)sc2c1CCCCC2. The highest BCUT2D eigenvalue weighted by atomic mass is 32.2. The number of thiophene rings is 1. The molecule has 0 saturated heterocycles. The van der Waals surface area contributed by atoms with Crippen molar-refractivity contribution >= 4 is 40.0 Å². The van der Waals surface area contributed by atoms with E-state index in [0.717, 1.165) is 48.9 Å². The number of aryl methyl sites for hydroxylation is 2. The van der Waals surface area contributed by atoms with Gasteiger partial charge >= 0.3 is 5.97 Å². The number of esters is 1. The normalized spacial score (nSPS) is 12.8. The predicted octanol–water partition coefficient (Wildman–Crippen LogP) is 6.17. The van der Waals surface area contributed by atoms with Gasteiger partial charge in [-0.15, -0.1) is 23.1 Å². The molecule has 1 amide bonds. The van der Waals surface area contributed by atoms with E-state index < -0.39 is 5.97 Å². The first-order valence-electron chi connectivity index (χ1n) is 11.6. The van der Waals surface area contributed by atoms with Gasteiger partial charge in [-0.3, -0.25) is 4.79 Å². The minimum atomic E-state index is -0.398. The summed E-state index contributed by atoms with van der Waals surface area (Å²) in [6.07, 6.45) is 5.26. The summed E-state index contributed by atoms with van der Waals surface area (Å²) < 4.78 is 5.02. The average molecular weight is 506 g/mol. The molecule has 35 heavy (non-hydrogen) atoms. The summed E-state index contributed by atoms with van der Waals surface area (Å²) in [6.45, 7) is 2.03. The van der Waals surface area contributed by atoms with Gasteiger partial charge in [0.1, 0.15) is 16.1 Å². The van der Waals surface area contributed by atoms with Crippen molar-refractivity contribution in [1.29, 1.82) is 5.26 Å². The first-order chi connectivity index (χ1) is 17.0. The summed E-state index contributed by atoms with van der Waals surface area (Å²) in [7, 11) is 1.37. The fourth-order valence-electron chi connectivity index (χ4n) is 4.10. The number of amides is 1. The quantitative estimate of drug-likeness (QED) is 0.235. The molecule has 180 valence electrons. The Labute approximate surface area is 213 Å². The van der Waals surface area contributed by atoms with Crippen LogP contribution < -0.4 is 5.32 Å². The number of pyridine rings is 1. The number of nitrogens with zero attached hydrogens (tertiary/aromatic N) is 2. The Morgan fingerprint density at radius 2 is 1.91 bits per heavy atom. The first kappa shape index (κ1) is 25.0. The number of benzene rings is 1. The molecule has 0 unspecified atom stereocenters. The first-order valence-corrected chi connectivity index (χ1v) is 13.4. The summed E-state index contributed by atoms with van der Waals surface area (Å²) in [6, 6.07) is 13.9. The molecular weight excluding hydrogens is 478 g/mol. The third kappa shape index (κ3) is 5.92.